The van der Waals surface area contributed by atoms with Gasteiger partial charge in [0.05, 0.1) is 0 Å². The van der Waals surface area contributed by atoms with Crippen molar-refractivity contribution in [2.75, 3.05) is 25.1 Å². The van der Waals surface area contributed by atoms with Crippen molar-refractivity contribution in [3.8, 4) is 0 Å². The average molecular weight is 440 g/mol. The van der Waals surface area contributed by atoms with Gasteiger partial charge < -0.3 is 15.4 Å². The Morgan fingerprint density at radius 1 is 1.23 bits per heavy atom. The summed E-state index contributed by atoms with van der Waals surface area (Å²) in [6.07, 6.45) is 2.45. The zero-order valence-electron chi connectivity index (χ0n) is 14.2. The fourth-order valence-electron chi connectivity index (χ4n) is 2.71. The van der Waals surface area contributed by atoms with Crippen LogP contribution >= 0.6 is 27.5 Å². The van der Waals surface area contributed by atoms with Gasteiger partial charge in [-0.3, -0.25) is 4.79 Å². The fourth-order valence-corrected chi connectivity index (χ4v) is 3.35. The first kappa shape index (κ1) is 19.1. The van der Waals surface area contributed by atoms with Crippen LogP contribution in [0.15, 0.2) is 34.8 Å². The van der Waals surface area contributed by atoms with Gasteiger partial charge in [0.1, 0.15) is 5.82 Å². The van der Waals surface area contributed by atoms with E-state index in [1.54, 1.807) is 12.1 Å². The third kappa shape index (κ3) is 5.40. The predicted octanol–water partition coefficient (Wildman–Crippen LogP) is 3.46. The number of anilines is 1. The SMILES string of the molecule is O=C(NC1CCOCC1)c1ccc(NCCc2cc(Cl)ccc2Br)nn1. The molecule has 1 aromatic carbocycles. The Hall–Kier alpha value is -1.70. The van der Waals surface area contributed by atoms with E-state index in [0.29, 0.717) is 36.3 Å². The molecule has 26 heavy (non-hydrogen) atoms. The van der Waals surface area contributed by atoms with Crippen LogP contribution in [0, 0.1) is 0 Å². The summed E-state index contributed by atoms with van der Waals surface area (Å²) in [6, 6.07) is 9.30. The topological polar surface area (TPSA) is 76.1 Å². The molecule has 6 nitrogen and oxygen atoms in total. The second-order valence-electron chi connectivity index (χ2n) is 6.08. The lowest BCUT2D eigenvalue weighted by Crippen LogP contribution is -2.39. The van der Waals surface area contributed by atoms with Crippen LogP contribution in [-0.2, 0) is 11.2 Å². The number of carbonyl (C=O) groups is 1. The molecule has 1 aliphatic heterocycles. The highest BCUT2D eigenvalue weighted by Crippen LogP contribution is 2.21. The van der Waals surface area contributed by atoms with Crippen LogP contribution in [-0.4, -0.2) is 41.9 Å². The standard InChI is InChI=1S/C18H20BrClN4O2/c19-15-2-1-13(20)11-12(15)5-8-21-17-4-3-16(23-24-17)18(25)22-14-6-9-26-10-7-14/h1-4,11,14H,5-10H2,(H,21,24)(H,22,25). The number of ether oxygens (including phenoxy) is 1. The number of carbonyl (C=O) groups excluding carboxylic acids is 1. The third-order valence-electron chi connectivity index (χ3n) is 4.16. The van der Waals surface area contributed by atoms with E-state index in [4.69, 9.17) is 16.3 Å². The molecule has 0 saturated carbocycles. The molecule has 8 heteroatoms. The number of hydrogen-bond donors (Lipinski definition) is 2. The maximum atomic E-state index is 12.2. The van der Waals surface area contributed by atoms with Crippen LogP contribution in [0.5, 0.6) is 0 Å². The van der Waals surface area contributed by atoms with E-state index >= 15 is 0 Å². The number of amides is 1. The maximum Gasteiger partial charge on any atom is 0.272 e. The third-order valence-corrected chi connectivity index (χ3v) is 5.17. The number of benzene rings is 1. The van der Waals surface area contributed by atoms with E-state index in [0.717, 1.165) is 29.3 Å². The van der Waals surface area contributed by atoms with Crippen molar-refractivity contribution in [3.05, 3.63) is 51.1 Å². The second kappa shape index (κ2) is 9.30. The Morgan fingerprint density at radius 2 is 2.04 bits per heavy atom. The molecule has 3 rings (SSSR count). The van der Waals surface area contributed by atoms with Gasteiger partial charge in [-0.25, -0.2) is 0 Å². The minimum atomic E-state index is -0.196. The van der Waals surface area contributed by atoms with Crippen molar-refractivity contribution >= 4 is 39.3 Å². The van der Waals surface area contributed by atoms with Crippen LogP contribution in [0.4, 0.5) is 5.82 Å². The first-order chi connectivity index (χ1) is 12.6. The van der Waals surface area contributed by atoms with E-state index in [1.807, 2.05) is 18.2 Å². The summed E-state index contributed by atoms with van der Waals surface area (Å²) in [4.78, 5) is 12.2. The highest BCUT2D eigenvalue weighted by atomic mass is 79.9. The smallest absolute Gasteiger partial charge is 0.272 e. The molecule has 1 aliphatic rings. The van der Waals surface area contributed by atoms with Crippen molar-refractivity contribution in [3.63, 3.8) is 0 Å². The molecule has 1 amide bonds. The van der Waals surface area contributed by atoms with Gasteiger partial charge in [-0.15, -0.1) is 10.2 Å². The molecule has 0 spiro atoms. The molecule has 138 valence electrons. The summed E-state index contributed by atoms with van der Waals surface area (Å²) in [6.45, 7) is 2.05. The fraction of sp³-hybridized carbons (Fsp3) is 0.389. The minimum Gasteiger partial charge on any atom is -0.381 e. The number of rotatable bonds is 6. The van der Waals surface area contributed by atoms with E-state index in [1.165, 1.54) is 0 Å². The van der Waals surface area contributed by atoms with Gasteiger partial charge >= 0.3 is 0 Å². The number of nitrogens with one attached hydrogen (secondary N) is 2. The molecule has 0 aliphatic carbocycles. The highest BCUT2D eigenvalue weighted by molar-refractivity contribution is 9.10. The van der Waals surface area contributed by atoms with E-state index in [2.05, 4.69) is 36.8 Å². The van der Waals surface area contributed by atoms with Crippen molar-refractivity contribution in [2.24, 2.45) is 0 Å². The Kier molecular flexibility index (Phi) is 6.82. The van der Waals surface area contributed by atoms with E-state index in [-0.39, 0.29) is 11.9 Å². The lowest BCUT2D eigenvalue weighted by molar-refractivity contribution is 0.0693. The number of hydrogen-bond acceptors (Lipinski definition) is 5. The molecule has 2 heterocycles. The lowest BCUT2D eigenvalue weighted by Gasteiger charge is -2.22. The Balaban J connectivity index is 1.49. The predicted molar refractivity (Wildman–Crippen MR) is 105 cm³/mol. The normalized spacial score (nSPS) is 14.8. The summed E-state index contributed by atoms with van der Waals surface area (Å²) < 4.78 is 6.31. The monoisotopic (exact) mass is 438 g/mol. The first-order valence-electron chi connectivity index (χ1n) is 8.52. The molecule has 1 saturated heterocycles. The molecular weight excluding hydrogens is 420 g/mol. The molecule has 0 atom stereocenters. The van der Waals surface area contributed by atoms with E-state index < -0.39 is 0 Å². The maximum absolute atomic E-state index is 12.2. The molecule has 1 fully saturated rings. The number of aromatic nitrogens is 2. The van der Waals surface area contributed by atoms with Crippen LogP contribution in [0.2, 0.25) is 5.02 Å². The molecule has 0 bridgehead atoms. The Morgan fingerprint density at radius 3 is 2.77 bits per heavy atom. The van der Waals surface area contributed by atoms with Gasteiger partial charge in [-0.05, 0) is 55.2 Å². The van der Waals surface area contributed by atoms with Gasteiger partial charge in [-0.2, -0.15) is 0 Å². The highest BCUT2D eigenvalue weighted by Gasteiger charge is 2.17. The quantitative estimate of drug-likeness (QED) is 0.721. The van der Waals surface area contributed by atoms with Crippen molar-refractivity contribution < 1.29 is 9.53 Å². The number of halogens is 2. The molecule has 2 N–H and O–H groups in total. The Bertz CT molecular complexity index is 751. The van der Waals surface area contributed by atoms with Gasteiger partial charge in [0, 0.05) is 35.3 Å². The largest absolute Gasteiger partial charge is 0.381 e. The Labute approximate surface area is 165 Å². The van der Waals surface area contributed by atoms with E-state index in [9.17, 15) is 4.79 Å². The van der Waals surface area contributed by atoms with Crippen molar-refractivity contribution in [2.45, 2.75) is 25.3 Å². The van der Waals surface area contributed by atoms with Gasteiger partial charge in [0.2, 0.25) is 0 Å². The van der Waals surface area contributed by atoms with Crippen LogP contribution in [0.3, 0.4) is 0 Å². The average Bonchev–Trinajstić information content (AvgIpc) is 2.66. The summed E-state index contributed by atoms with van der Waals surface area (Å²) in [5.41, 5.74) is 1.44. The van der Waals surface area contributed by atoms with Crippen LogP contribution in [0.25, 0.3) is 0 Å². The zero-order valence-corrected chi connectivity index (χ0v) is 16.5. The molecule has 0 unspecified atom stereocenters. The number of nitrogens with zero attached hydrogens (tertiary/aromatic N) is 2. The lowest BCUT2D eigenvalue weighted by atomic mass is 10.1. The van der Waals surface area contributed by atoms with Crippen LogP contribution in [0.1, 0.15) is 28.9 Å². The molecular formula is C18H20BrClN4O2. The summed E-state index contributed by atoms with van der Waals surface area (Å²) in [5.74, 6) is 0.435. The van der Waals surface area contributed by atoms with Crippen LogP contribution < -0.4 is 10.6 Å². The van der Waals surface area contributed by atoms with Gasteiger partial charge in [0.15, 0.2) is 5.69 Å². The first-order valence-corrected chi connectivity index (χ1v) is 9.69. The summed E-state index contributed by atoms with van der Waals surface area (Å²) in [7, 11) is 0. The summed E-state index contributed by atoms with van der Waals surface area (Å²) >= 11 is 9.54. The van der Waals surface area contributed by atoms with Crippen molar-refractivity contribution in [1.29, 1.82) is 0 Å². The molecule has 1 aromatic heterocycles. The minimum absolute atomic E-state index is 0.145. The molecule has 0 radical (unpaired) electrons. The van der Waals surface area contributed by atoms with Gasteiger partial charge in [0.25, 0.3) is 5.91 Å². The van der Waals surface area contributed by atoms with Gasteiger partial charge in [-0.1, -0.05) is 27.5 Å². The zero-order chi connectivity index (χ0) is 18.4. The van der Waals surface area contributed by atoms with Crippen molar-refractivity contribution in [1.82, 2.24) is 15.5 Å². The molecule has 2 aromatic rings. The second-order valence-corrected chi connectivity index (χ2v) is 7.37. The summed E-state index contributed by atoms with van der Waals surface area (Å²) in [5, 5.41) is 15.0.